The van der Waals surface area contributed by atoms with E-state index in [1.54, 1.807) is 12.1 Å². The van der Waals surface area contributed by atoms with Crippen LogP contribution in [0.3, 0.4) is 0 Å². The Morgan fingerprint density at radius 1 is 0.870 bits per heavy atom. The zero-order valence-corrected chi connectivity index (χ0v) is 14.3. The Balaban J connectivity index is 2.22. The maximum absolute atomic E-state index is 11.2. The van der Waals surface area contributed by atoms with Crippen LogP contribution in [-0.4, -0.2) is 13.0 Å². The third-order valence-corrected chi connectivity index (χ3v) is 5.00. The number of hydrogen-bond acceptors (Lipinski definition) is 2. The van der Waals surface area contributed by atoms with Crippen molar-refractivity contribution in [3.63, 3.8) is 0 Å². The molecule has 0 saturated carbocycles. The molecule has 0 radical (unpaired) electrons. The number of hydrogen-bond donors (Lipinski definition) is 1. The lowest BCUT2D eigenvalue weighted by Gasteiger charge is -2.18. The molecular weight excluding hydrogens is 308 g/mol. The van der Waals surface area contributed by atoms with Crippen LogP contribution >= 0.6 is 0 Å². The van der Waals surface area contributed by atoms with Gasteiger partial charge in [0, 0.05) is 5.92 Å². The quantitative estimate of drug-likeness (QED) is 0.544. The van der Waals surface area contributed by atoms with Crippen LogP contribution in [0.15, 0.2) is 59.5 Å². The minimum absolute atomic E-state index is 0.0564. The van der Waals surface area contributed by atoms with E-state index < -0.39 is 10.1 Å². The molecule has 0 amide bonds. The molecule has 0 aliphatic carbocycles. The Labute approximate surface area is 139 Å². The number of unbranched alkanes of at least 4 members (excludes halogenated alkanes) is 3. The van der Waals surface area contributed by atoms with Crippen LogP contribution in [0.4, 0.5) is 0 Å². The van der Waals surface area contributed by atoms with Crippen molar-refractivity contribution in [3.8, 4) is 0 Å². The van der Waals surface area contributed by atoms with Gasteiger partial charge in [-0.25, -0.2) is 0 Å². The molecule has 4 heteroatoms. The molecule has 0 saturated heterocycles. The molecule has 3 nitrogen and oxygen atoms in total. The summed E-state index contributed by atoms with van der Waals surface area (Å²) >= 11 is 0. The summed E-state index contributed by atoms with van der Waals surface area (Å²) < 4.78 is 31.5. The topological polar surface area (TPSA) is 54.4 Å². The Morgan fingerprint density at radius 2 is 1.48 bits per heavy atom. The molecule has 124 valence electrons. The average molecular weight is 332 g/mol. The van der Waals surface area contributed by atoms with E-state index in [-0.39, 0.29) is 10.8 Å². The SMILES string of the molecule is CCCCCCC(c1ccccc1)c1ccc(S(=O)(=O)O)cc1. The summed E-state index contributed by atoms with van der Waals surface area (Å²) in [4.78, 5) is -0.0564. The highest BCUT2D eigenvalue weighted by Crippen LogP contribution is 2.30. The molecule has 0 spiro atoms. The smallest absolute Gasteiger partial charge is 0.282 e. The summed E-state index contributed by atoms with van der Waals surface area (Å²) in [6, 6.07) is 16.9. The van der Waals surface area contributed by atoms with Crippen LogP contribution in [0.5, 0.6) is 0 Å². The third-order valence-electron chi connectivity index (χ3n) is 4.13. The first-order valence-corrected chi connectivity index (χ1v) is 9.58. The fourth-order valence-corrected chi connectivity index (χ4v) is 3.34. The second-order valence-electron chi connectivity index (χ2n) is 5.86. The Morgan fingerprint density at radius 3 is 2.04 bits per heavy atom. The summed E-state index contributed by atoms with van der Waals surface area (Å²) in [5.74, 6) is 0.253. The Bertz CT molecular complexity index is 691. The first kappa shape index (κ1) is 17.7. The molecule has 1 unspecified atom stereocenters. The van der Waals surface area contributed by atoms with E-state index in [1.165, 1.54) is 37.0 Å². The van der Waals surface area contributed by atoms with Gasteiger partial charge in [0.2, 0.25) is 0 Å². The van der Waals surface area contributed by atoms with Gasteiger partial charge in [-0.3, -0.25) is 4.55 Å². The highest BCUT2D eigenvalue weighted by Gasteiger charge is 2.15. The van der Waals surface area contributed by atoms with Crippen molar-refractivity contribution in [2.75, 3.05) is 0 Å². The maximum atomic E-state index is 11.2. The molecule has 0 aliphatic rings. The van der Waals surface area contributed by atoms with Crippen molar-refractivity contribution >= 4 is 10.1 Å². The monoisotopic (exact) mass is 332 g/mol. The predicted octanol–water partition coefficient (Wildman–Crippen LogP) is 5.04. The molecule has 2 rings (SSSR count). The second-order valence-corrected chi connectivity index (χ2v) is 7.28. The van der Waals surface area contributed by atoms with Crippen LogP contribution in [0.25, 0.3) is 0 Å². The molecule has 23 heavy (non-hydrogen) atoms. The maximum Gasteiger partial charge on any atom is 0.294 e. The normalized spacial score (nSPS) is 13.0. The fourth-order valence-electron chi connectivity index (χ4n) is 2.86. The summed E-state index contributed by atoms with van der Waals surface area (Å²) in [7, 11) is -4.13. The molecule has 0 aromatic heterocycles. The molecule has 0 fully saturated rings. The van der Waals surface area contributed by atoms with Gasteiger partial charge in [-0.15, -0.1) is 0 Å². The van der Waals surface area contributed by atoms with Crippen molar-refractivity contribution in [2.45, 2.75) is 49.8 Å². The molecule has 0 aliphatic heterocycles. The molecule has 1 atom stereocenters. The van der Waals surface area contributed by atoms with Crippen molar-refractivity contribution in [1.29, 1.82) is 0 Å². The van der Waals surface area contributed by atoms with Crippen LogP contribution in [0.2, 0.25) is 0 Å². The highest BCUT2D eigenvalue weighted by atomic mass is 32.2. The first-order chi connectivity index (χ1) is 11.0. The average Bonchev–Trinajstić information content (AvgIpc) is 2.55. The minimum atomic E-state index is -4.13. The largest absolute Gasteiger partial charge is 0.294 e. The lowest BCUT2D eigenvalue weighted by Crippen LogP contribution is -2.03. The molecule has 0 bridgehead atoms. The highest BCUT2D eigenvalue weighted by molar-refractivity contribution is 7.85. The van der Waals surface area contributed by atoms with Crippen molar-refractivity contribution in [3.05, 3.63) is 65.7 Å². The van der Waals surface area contributed by atoms with Gasteiger partial charge in [0.05, 0.1) is 4.90 Å². The summed E-state index contributed by atoms with van der Waals surface area (Å²) in [5, 5.41) is 0. The van der Waals surface area contributed by atoms with Crippen molar-refractivity contribution in [2.24, 2.45) is 0 Å². The van der Waals surface area contributed by atoms with Crippen LogP contribution in [-0.2, 0) is 10.1 Å². The molecule has 0 heterocycles. The molecular formula is C19H24O3S. The second kappa shape index (κ2) is 8.27. The lowest BCUT2D eigenvalue weighted by atomic mass is 9.87. The first-order valence-electron chi connectivity index (χ1n) is 8.14. The molecule has 1 N–H and O–H groups in total. The van der Waals surface area contributed by atoms with Gasteiger partial charge >= 0.3 is 0 Å². The summed E-state index contributed by atoms with van der Waals surface area (Å²) in [6.07, 6.45) is 5.84. The van der Waals surface area contributed by atoms with E-state index in [1.807, 2.05) is 18.2 Å². The van der Waals surface area contributed by atoms with Crippen LogP contribution in [0.1, 0.15) is 56.1 Å². The van der Waals surface area contributed by atoms with E-state index in [4.69, 9.17) is 4.55 Å². The number of rotatable bonds is 8. The van der Waals surface area contributed by atoms with Gasteiger partial charge in [-0.1, -0.05) is 75.1 Å². The number of benzene rings is 2. The van der Waals surface area contributed by atoms with Crippen molar-refractivity contribution in [1.82, 2.24) is 0 Å². The molecule has 2 aromatic rings. The summed E-state index contributed by atoms with van der Waals surface area (Å²) in [6.45, 7) is 2.20. The van der Waals surface area contributed by atoms with E-state index in [0.29, 0.717) is 0 Å². The van der Waals surface area contributed by atoms with Gasteiger partial charge in [-0.2, -0.15) is 8.42 Å². The van der Waals surface area contributed by atoms with E-state index >= 15 is 0 Å². The van der Waals surface area contributed by atoms with Gasteiger partial charge in [-0.05, 0) is 29.7 Å². The van der Waals surface area contributed by atoms with Crippen molar-refractivity contribution < 1.29 is 13.0 Å². The van der Waals surface area contributed by atoms with Crippen LogP contribution in [0, 0.1) is 0 Å². The minimum Gasteiger partial charge on any atom is -0.282 e. The van der Waals surface area contributed by atoms with E-state index in [0.717, 1.165) is 18.4 Å². The van der Waals surface area contributed by atoms with Gasteiger partial charge < -0.3 is 0 Å². The van der Waals surface area contributed by atoms with Gasteiger partial charge in [0.25, 0.3) is 10.1 Å². The Kier molecular flexibility index (Phi) is 6.37. The zero-order chi connectivity index (χ0) is 16.7. The van der Waals surface area contributed by atoms with E-state index in [2.05, 4.69) is 19.1 Å². The Hall–Kier alpha value is -1.65. The van der Waals surface area contributed by atoms with Gasteiger partial charge in [0.15, 0.2) is 0 Å². The zero-order valence-electron chi connectivity index (χ0n) is 13.5. The van der Waals surface area contributed by atoms with Crippen LogP contribution < -0.4 is 0 Å². The fraction of sp³-hybridized carbons (Fsp3) is 0.368. The summed E-state index contributed by atoms with van der Waals surface area (Å²) in [5.41, 5.74) is 2.32. The third kappa shape index (κ3) is 5.19. The molecule has 2 aromatic carbocycles. The standard InChI is InChI=1S/C19H24O3S/c1-2-3-4-8-11-19(16-9-6-5-7-10-16)17-12-14-18(15-13-17)23(20,21)22/h5-7,9-10,12-15,19H,2-4,8,11H2,1H3,(H,20,21,22). The van der Waals surface area contributed by atoms with Gasteiger partial charge in [0.1, 0.15) is 0 Å². The predicted molar refractivity (Wildman–Crippen MR) is 93.3 cm³/mol. The van der Waals surface area contributed by atoms with E-state index in [9.17, 15) is 8.42 Å². The lowest BCUT2D eigenvalue weighted by molar-refractivity contribution is 0.483.